The second kappa shape index (κ2) is 5.07. The molecule has 0 atom stereocenters. The van der Waals surface area contributed by atoms with Gasteiger partial charge in [0, 0.05) is 32.8 Å². The first-order valence-corrected chi connectivity index (χ1v) is 8.11. The van der Waals surface area contributed by atoms with E-state index in [2.05, 4.69) is 13.8 Å². The highest BCUT2D eigenvalue weighted by Gasteiger charge is 2.39. The Balaban J connectivity index is 2.00. The number of rotatable bonds is 3. The van der Waals surface area contributed by atoms with Gasteiger partial charge in [-0.25, -0.2) is 0 Å². The Labute approximate surface area is 110 Å². The highest BCUT2D eigenvalue weighted by atomic mass is 32.2. The highest BCUT2D eigenvalue weighted by Crippen LogP contribution is 2.32. The van der Waals surface area contributed by atoms with E-state index in [0.29, 0.717) is 26.2 Å². The second-order valence-corrected chi connectivity index (χ2v) is 8.21. The van der Waals surface area contributed by atoms with Crippen LogP contribution >= 0.6 is 0 Å². The van der Waals surface area contributed by atoms with Crippen molar-refractivity contribution in [2.45, 2.75) is 33.1 Å². The zero-order chi connectivity index (χ0) is 13.4. The Bertz CT molecular complexity index is 386. The normalized spacial score (nSPS) is 27.7. The molecule has 0 radical (unpaired) electrons. The van der Waals surface area contributed by atoms with E-state index in [0.717, 1.165) is 19.3 Å². The molecule has 0 aromatic carbocycles. The lowest BCUT2D eigenvalue weighted by molar-refractivity contribution is 0.166. The van der Waals surface area contributed by atoms with Crippen LogP contribution in [0.1, 0.15) is 33.1 Å². The van der Waals surface area contributed by atoms with Gasteiger partial charge in [0.2, 0.25) is 0 Å². The summed E-state index contributed by atoms with van der Waals surface area (Å²) in [5.74, 6) is 0.270. The molecule has 0 bridgehead atoms. The minimum atomic E-state index is -3.28. The largest absolute Gasteiger partial charge is 0.396 e. The van der Waals surface area contributed by atoms with Crippen LogP contribution in [-0.2, 0) is 10.2 Å². The molecule has 0 amide bonds. The molecule has 0 spiro atoms. The minimum absolute atomic E-state index is 0.0937. The Morgan fingerprint density at radius 2 is 1.78 bits per heavy atom. The average molecular weight is 276 g/mol. The van der Waals surface area contributed by atoms with Crippen molar-refractivity contribution >= 4 is 10.2 Å². The Kier molecular flexibility index (Phi) is 4.02. The van der Waals surface area contributed by atoms with Gasteiger partial charge in [0.1, 0.15) is 0 Å². The topological polar surface area (TPSA) is 60.9 Å². The van der Waals surface area contributed by atoms with Gasteiger partial charge in [-0.3, -0.25) is 0 Å². The lowest BCUT2D eigenvalue weighted by Gasteiger charge is -2.33. The number of hydrogen-bond acceptors (Lipinski definition) is 3. The number of piperidine rings is 1. The first-order valence-electron chi connectivity index (χ1n) is 6.71. The Morgan fingerprint density at radius 1 is 1.17 bits per heavy atom. The van der Waals surface area contributed by atoms with Crippen LogP contribution in [0, 0.1) is 11.3 Å². The Hall–Kier alpha value is -0.170. The molecule has 0 unspecified atom stereocenters. The number of hydrogen-bond donors (Lipinski definition) is 1. The molecular formula is C12H24N2O3S. The minimum Gasteiger partial charge on any atom is -0.396 e. The fourth-order valence-corrected chi connectivity index (χ4v) is 4.58. The van der Waals surface area contributed by atoms with Gasteiger partial charge in [0.25, 0.3) is 10.2 Å². The predicted molar refractivity (Wildman–Crippen MR) is 70.3 cm³/mol. The van der Waals surface area contributed by atoms with E-state index in [9.17, 15) is 8.42 Å². The van der Waals surface area contributed by atoms with Gasteiger partial charge in [0.15, 0.2) is 0 Å². The fraction of sp³-hybridized carbons (Fsp3) is 1.00. The van der Waals surface area contributed by atoms with Crippen molar-refractivity contribution in [1.29, 1.82) is 0 Å². The van der Waals surface area contributed by atoms with Crippen molar-refractivity contribution in [3.8, 4) is 0 Å². The summed E-state index contributed by atoms with van der Waals surface area (Å²) in [4.78, 5) is 0. The molecule has 1 N–H and O–H groups in total. The summed E-state index contributed by atoms with van der Waals surface area (Å²) in [7, 11) is -3.28. The van der Waals surface area contributed by atoms with Crippen molar-refractivity contribution in [3.63, 3.8) is 0 Å². The third-order valence-corrected chi connectivity index (χ3v) is 6.11. The molecule has 106 valence electrons. The van der Waals surface area contributed by atoms with E-state index in [1.165, 1.54) is 0 Å². The van der Waals surface area contributed by atoms with E-state index in [-0.39, 0.29) is 17.9 Å². The number of aliphatic hydroxyl groups excluding tert-OH is 1. The van der Waals surface area contributed by atoms with Crippen LogP contribution < -0.4 is 0 Å². The molecule has 2 heterocycles. The van der Waals surface area contributed by atoms with Gasteiger partial charge >= 0.3 is 0 Å². The first-order chi connectivity index (χ1) is 8.35. The van der Waals surface area contributed by atoms with Gasteiger partial charge in [0.05, 0.1) is 0 Å². The maximum absolute atomic E-state index is 12.5. The summed E-state index contributed by atoms with van der Waals surface area (Å²) in [6.45, 7) is 6.74. The van der Waals surface area contributed by atoms with Gasteiger partial charge in [-0.15, -0.1) is 0 Å². The molecule has 0 aromatic rings. The lowest BCUT2D eigenvalue weighted by atomic mass is 9.93. The first kappa shape index (κ1) is 14.2. The van der Waals surface area contributed by atoms with Crippen LogP contribution in [0.4, 0.5) is 0 Å². The summed E-state index contributed by atoms with van der Waals surface area (Å²) in [5.41, 5.74) is 0.0937. The summed E-state index contributed by atoms with van der Waals surface area (Å²) < 4.78 is 28.1. The Morgan fingerprint density at radius 3 is 2.22 bits per heavy atom. The van der Waals surface area contributed by atoms with Crippen LogP contribution in [0.25, 0.3) is 0 Å². The molecule has 2 saturated heterocycles. The third-order valence-electron chi connectivity index (χ3n) is 4.13. The van der Waals surface area contributed by atoms with Gasteiger partial charge in [-0.1, -0.05) is 13.8 Å². The average Bonchev–Trinajstić information content (AvgIpc) is 2.70. The maximum Gasteiger partial charge on any atom is 0.281 e. The summed E-state index contributed by atoms with van der Waals surface area (Å²) in [6, 6.07) is 0. The van der Waals surface area contributed by atoms with Crippen molar-refractivity contribution in [2.24, 2.45) is 11.3 Å². The van der Waals surface area contributed by atoms with Crippen LogP contribution in [0.5, 0.6) is 0 Å². The molecule has 2 rings (SSSR count). The summed E-state index contributed by atoms with van der Waals surface area (Å²) >= 11 is 0. The molecule has 0 aliphatic carbocycles. The predicted octanol–water partition coefficient (Wildman–Crippen LogP) is 0.667. The molecular weight excluding hydrogens is 252 g/mol. The highest BCUT2D eigenvalue weighted by molar-refractivity contribution is 7.86. The number of nitrogens with zero attached hydrogens (tertiary/aromatic N) is 2. The SMILES string of the molecule is CC1(C)CCN(S(=O)(=O)N2CCC(CO)CC2)C1. The summed E-state index contributed by atoms with van der Waals surface area (Å²) in [5, 5.41) is 9.08. The van der Waals surface area contributed by atoms with Crippen molar-refractivity contribution in [1.82, 2.24) is 8.61 Å². The van der Waals surface area contributed by atoms with Crippen LogP contribution in [0.15, 0.2) is 0 Å². The van der Waals surface area contributed by atoms with Gasteiger partial charge in [-0.05, 0) is 30.6 Å². The summed E-state index contributed by atoms with van der Waals surface area (Å²) in [6.07, 6.45) is 2.47. The molecule has 0 aromatic heterocycles. The van der Waals surface area contributed by atoms with Crippen LogP contribution in [0.3, 0.4) is 0 Å². The lowest BCUT2D eigenvalue weighted by Crippen LogP contribution is -2.47. The molecule has 18 heavy (non-hydrogen) atoms. The van der Waals surface area contributed by atoms with Gasteiger partial charge in [-0.2, -0.15) is 17.0 Å². The van der Waals surface area contributed by atoms with E-state index in [4.69, 9.17) is 5.11 Å². The molecule has 0 saturated carbocycles. The molecule has 2 aliphatic rings. The van der Waals surface area contributed by atoms with E-state index in [1.54, 1.807) is 8.61 Å². The molecule has 2 aliphatic heterocycles. The van der Waals surface area contributed by atoms with Crippen LogP contribution in [0.2, 0.25) is 0 Å². The molecule has 6 heteroatoms. The van der Waals surface area contributed by atoms with Crippen molar-refractivity contribution in [3.05, 3.63) is 0 Å². The second-order valence-electron chi connectivity index (χ2n) is 6.28. The maximum atomic E-state index is 12.5. The number of aliphatic hydroxyl groups is 1. The zero-order valence-electron chi connectivity index (χ0n) is 11.3. The smallest absolute Gasteiger partial charge is 0.281 e. The van der Waals surface area contributed by atoms with E-state index < -0.39 is 10.2 Å². The van der Waals surface area contributed by atoms with E-state index >= 15 is 0 Å². The fourth-order valence-electron chi connectivity index (χ4n) is 2.75. The molecule has 5 nitrogen and oxygen atoms in total. The monoisotopic (exact) mass is 276 g/mol. The zero-order valence-corrected chi connectivity index (χ0v) is 12.1. The van der Waals surface area contributed by atoms with Crippen molar-refractivity contribution < 1.29 is 13.5 Å². The quantitative estimate of drug-likeness (QED) is 0.824. The van der Waals surface area contributed by atoms with Crippen LogP contribution in [-0.4, -0.2) is 54.9 Å². The van der Waals surface area contributed by atoms with E-state index in [1.807, 2.05) is 0 Å². The molecule has 2 fully saturated rings. The third kappa shape index (κ3) is 2.87. The van der Waals surface area contributed by atoms with Gasteiger partial charge < -0.3 is 5.11 Å². The standard InChI is InChI=1S/C12H24N2O3S/c1-12(2)5-8-14(10-12)18(16,17)13-6-3-11(9-15)4-7-13/h11,15H,3-10H2,1-2H3. The van der Waals surface area contributed by atoms with Crippen molar-refractivity contribution in [2.75, 3.05) is 32.8 Å².